The van der Waals surface area contributed by atoms with Crippen molar-refractivity contribution in [3.05, 3.63) is 70.6 Å². The Hall–Kier alpha value is -2.27. The van der Waals surface area contributed by atoms with Gasteiger partial charge in [-0.3, -0.25) is 9.78 Å². The minimum absolute atomic E-state index is 0.266. The van der Waals surface area contributed by atoms with Gasteiger partial charge in [-0.05, 0) is 36.4 Å². The number of aromatic nitrogens is 1. The summed E-state index contributed by atoms with van der Waals surface area (Å²) in [5.74, 6) is -0.815. The third-order valence-corrected chi connectivity index (χ3v) is 3.74. The largest absolute Gasteiger partial charge is 0.320 e. The predicted molar refractivity (Wildman–Crippen MR) is 83.8 cm³/mol. The first-order valence-electron chi connectivity index (χ1n) is 6.25. The summed E-state index contributed by atoms with van der Waals surface area (Å²) in [6.45, 7) is 0. The Labute approximate surface area is 128 Å². The summed E-state index contributed by atoms with van der Waals surface area (Å²) >= 11 is 3.45. The first-order valence-corrected chi connectivity index (χ1v) is 7.04. The second-order valence-electron chi connectivity index (χ2n) is 4.46. The fourth-order valence-corrected chi connectivity index (χ4v) is 2.52. The van der Waals surface area contributed by atoms with Crippen molar-refractivity contribution in [3.63, 3.8) is 0 Å². The Kier molecular flexibility index (Phi) is 3.66. The van der Waals surface area contributed by atoms with E-state index >= 15 is 0 Å². The lowest BCUT2D eigenvalue weighted by molar-refractivity contribution is 0.102. The Bertz CT molecular complexity index is 835. The van der Waals surface area contributed by atoms with Crippen LogP contribution in [0.3, 0.4) is 0 Å². The number of amides is 1. The van der Waals surface area contributed by atoms with Crippen molar-refractivity contribution in [2.75, 3.05) is 5.32 Å². The highest BCUT2D eigenvalue weighted by Gasteiger charge is 2.11. The van der Waals surface area contributed by atoms with Crippen molar-refractivity contribution < 1.29 is 9.18 Å². The molecule has 0 aliphatic rings. The molecule has 0 aliphatic carbocycles. The third-order valence-electron chi connectivity index (χ3n) is 3.05. The summed E-state index contributed by atoms with van der Waals surface area (Å²) in [5.41, 5.74) is 1.53. The van der Waals surface area contributed by atoms with E-state index in [9.17, 15) is 9.18 Å². The van der Waals surface area contributed by atoms with Crippen LogP contribution in [0, 0.1) is 5.82 Å². The third kappa shape index (κ3) is 2.78. The van der Waals surface area contributed by atoms with E-state index in [2.05, 4.69) is 26.2 Å². The van der Waals surface area contributed by atoms with E-state index in [-0.39, 0.29) is 11.5 Å². The molecule has 0 saturated heterocycles. The number of nitrogens with one attached hydrogen (secondary N) is 1. The molecule has 3 rings (SSSR count). The van der Waals surface area contributed by atoms with Crippen LogP contribution in [0.1, 0.15) is 10.4 Å². The molecule has 0 atom stereocenters. The van der Waals surface area contributed by atoms with E-state index < -0.39 is 5.82 Å². The van der Waals surface area contributed by atoms with Crippen molar-refractivity contribution in [3.8, 4) is 0 Å². The molecule has 21 heavy (non-hydrogen) atoms. The molecule has 0 spiro atoms. The number of halogens is 2. The van der Waals surface area contributed by atoms with Crippen LogP contribution in [0.25, 0.3) is 10.9 Å². The van der Waals surface area contributed by atoms with Crippen LogP contribution in [0.4, 0.5) is 10.1 Å². The molecule has 5 heteroatoms. The normalized spacial score (nSPS) is 10.6. The van der Waals surface area contributed by atoms with Gasteiger partial charge in [0.1, 0.15) is 5.82 Å². The van der Waals surface area contributed by atoms with Gasteiger partial charge in [0.25, 0.3) is 5.91 Å². The fourth-order valence-electron chi connectivity index (χ4n) is 2.06. The standard InChI is InChI=1S/C16H10BrFN2O/c17-13-6-7-14(15-12(13)5-2-8-19-15)20-16(21)10-3-1-4-11(18)9-10/h1-9H,(H,20,21). The van der Waals surface area contributed by atoms with Crippen molar-refractivity contribution in [2.24, 2.45) is 0 Å². The number of hydrogen-bond donors (Lipinski definition) is 1. The number of pyridine rings is 1. The number of carbonyl (C=O) groups is 1. The highest BCUT2D eigenvalue weighted by Crippen LogP contribution is 2.28. The molecule has 1 amide bonds. The van der Waals surface area contributed by atoms with Crippen molar-refractivity contribution in [2.45, 2.75) is 0 Å². The number of anilines is 1. The molecular formula is C16H10BrFN2O. The zero-order valence-electron chi connectivity index (χ0n) is 10.8. The van der Waals surface area contributed by atoms with Gasteiger partial charge in [0.05, 0.1) is 11.2 Å². The van der Waals surface area contributed by atoms with E-state index in [0.29, 0.717) is 11.2 Å². The Morgan fingerprint density at radius 3 is 2.81 bits per heavy atom. The van der Waals surface area contributed by atoms with Crippen molar-refractivity contribution in [1.82, 2.24) is 4.98 Å². The summed E-state index contributed by atoms with van der Waals surface area (Å²) in [6.07, 6.45) is 1.66. The Balaban J connectivity index is 1.99. The molecule has 0 saturated carbocycles. The minimum Gasteiger partial charge on any atom is -0.320 e. The lowest BCUT2D eigenvalue weighted by Crippen LogP contribution is -2.12. The van der Waals surface area contributed by atoms with Crippen LogP contribution >= 0.6 is 15.9 Å². The molecule has 0 fully saturated rings. The second kappa shape index (κ2) is 5.61. The van der Waals surface area contributed by atoms with E-state index in [1.54, 1.807) is 18.3 Å². The van der Waals surface area contributed by atoms with Gasteiger partial charge >= 0.3 is 0 Å². The smallest absolute Gasteiger partial charge is 0.255 e. The molecule has 3 nitrogen and oxygen atoms in total. The topological polar surface area (TPSA) is 42.0 Å². The summed E-state index contributed by atoms with van der Waals surface area (Å²) < 4.78 is 14.1. The van der Waals surface area contributed by atoms with Gasteiger partial charge in [0.2, 0.25) is 0 Å². The molecule has 2 aromatic carbocycles. The number of hydrogen-bond acceptors (Lipinski definition) is 2. The Morgan fingerprint density at radius 1 is 1.14 bits per heavy atom. The number of rotatable bonds is 2. The van der Waals surface area contributed by atoms with Crippen LogP contribution < -0.4 is 5.32 Å². The lowest BCUT2D eigenvalue weighted by Gasteiger charge is -2.09. The average Bonchev–Trinajstić information content (AvgIpc) is 2.50. The minimum atomic E-state index is -0.443. The highest BCUT2D eigenvalue weighted by molar-refractivity contribution is 9.10. The lowest BCUT2D eigenvalue weighted by atomic mass is 10.1. The van der Waals surface area contributed by atoms with Gasteiger partial charge in [0.15, 0.2) is 0 Å². The maximum absolute atomic E-state index is 13.2. The Morgan fingerprint density at radius 2 is 2.00 bits per heavy atom. The predicted octanol–water partition coefficient (Wildman–Crippen LogP) is 4.39. The zero-order valence-corrected chi connectivity index (χ0v) is 12.4. The van der Waals surface area contributed by atoms with Gasteiger partial charge in [0, 0.05) is 21.6 Å². The molecule has 0 radical (unpaired) electrons. The molecule has 1 N–H and O–H groups in total. The first-order chi connectivity index (χ1) is 10.1. The van der Waals surface area contributed by atoms with Crippen LogP contribution in [-0.2, 0) is 0 Å². The fraction of sp³-hybridized carbons (Fsp3) is 0. The van der Waals surface area contributed by atoms with E-state index in [0.717, 1.165) is 9.86 Å². The second-order valence-corrected chi connectivity index (χ2v) is 5.31. The molecule has 1 heterocycles. The van der Waals surface area contributed by atoms with Crippen molar-refractivity contribution in [1.29, 1.82) is 0 Å². The van der Waals surface area contributed by atoms with E-state index in [1.807, 2.05) is 18.2 Å². The first kappa shape index (κ1) is 13.7. The maximum Gasteiger partial charge on any atom is 0.255 e. The molecule has 0 aliphatic heterocycles. The summed E-state index contributed by atoms with van der Waals surface area (Å²) in [5, 5.41) is 3.66. The van der Waals surface area contributed by atoms with Gasteiger partial charge in [-0.1, -0.05) is 28.1 Å². The summed E-state index contributed by atoms with van der Waals surface area (Å²) in [6, 6.07) is 12.9. The molecule has 1 aromatic heterocycles. The SMILES string of the molecule is O=C(Nc1ccc(Br)c2cccnc12)c1cccc(F)c1. The van der Waals surface area contributed by atoms with Crippen LogP contribution in [-0.4, -0.2) is 10.9 Å². The quantitative estimate of drug-likeness (QED) is 0.749. The molecular weight excluding hydrogens is 335 g/mol. The van der Waals surface area contributed by atoms with Crippen LogP contribution in [0.2, 0.25) is 0 Å². The number of nitrogens with zero attached hydrogens (tertiary/aromatic N) is 1. The summed E-state index contributed by atoms with van der Waals surface area (Å²) in [7, 11) is 0. The highest BCUT2D eigenvalue weighted by atomic mass is 79.9. The van der Waals surface area contributed by atoms with Crippen molar-refractivity contribution >= 4 is 38.4 Å². The van der Waals surface area contributed by atoms with Gasteiger partial charge in [-0.15, -0.1) is 0 Å². The van der Waals surface area contributed by atoms with Gasteiger partial charge in [-0.2, -0.15) is 0 Å². The maximum atomic E-state index is 13.2. The summed E-state index contributed by atoms with van der Waals surface area (Å²) in [4.78, 5) is 16.5. The number of carbonyl (C=O) groups excluding carboxylic acids is 1. The number of benzene rings is 2. The molecule has 3 aromatic rings. The molecule has 0 unspecified atom stereocenters. The van der Waals surface area contributed by atoms with Gasteiger partial charge < -0.3 is 5.32 Å². The van der Waals surface area contributed by atoms with E-state index in [1.165, 1.54) is 18.2 Å². The van der Waals surface area contributed by atoms with Gasteiger partial charge in [-0.25, -0.2) is 4.39 Å². The average molecular weight is 345 g/mol. The zero-order chi connectivity index (χ0) is 14.8. The van der Waals surface area contributed by atoms with Crippen LogP contribution in [0.5, 0.6) is 0 Å². The molecule has 104 valence electrons. The molecule has 0 bridgehead atoms. The van der Waals surface area contributed by atoms with Crippen LogP contribution in [0.15, 0.2) is 59.2 Å². The number of fused-ring (bicyclic) bond motifs is 1. The van der Waals surface area contributed by atoms with E-state index in [4.69, 9.17) is 0 Å². The monoisotopic (exact) mass is 344 g/mol.